The third-order valence-electron chi connectivity index (χ3n) is 2.99. The van der Waals surface area contributed by atoms with E-state index in [0.717, 1.165) is 5.69 Å². The van der Waals surface area contributed by atoms with Gasteiger partial charge in [-0.1, -0.05) is 6.07 Å². The number of ether oxygens (including phenoxy) is 2. The summed E-state index contributed by atoms with van der Waals surface area (Å²) < 4.78 is 12.1. The number of esters is 1. The number of nitrogens with zero attached hydrogens (tertiary/aromatic N) is 2. The van der Waals surface area contributed by atoms with Crippen molar-refractivity contribution in [2.75, 3.05) is 19.5 Å². The Hall–Kier alpha value is -2.50. The van der Waals surface area contributed by atoms with Crippen molar-refractivity contribution in [3.05, 3.63) is 41.7 Å². The molecule has 2 N–H and O–H groups in total. The van der Waals surface area contributed by atoms with E-state index in [1.54, 1.807) is 29.1 Å². The number of nitrogen functional groups attached to an aromatic ring is 1. The number of methoxy groups -OCH3 is 1. The van der Waals surface area contributed by atoms with Crippen molar-refractivity contribution in [1.82, 2.24) is 9.78 Å². The Morgan fingerprint density at radius 1 is 1.40 bits per heavy atom. The van der Waals surface area contributed by atoms with Crippen molar-refractivity contribution in [2.24, 2.45) is 7.05 Å². The van der Waals surface area contributed by atoms with Gasteiger partial charge in [0.15, 0.2) is 0 Å². The summed E-state index contributed by atoms with van der Waals surface area (Å²) in [7, 11) is 3.18. The zero-order chi connectivity index (χ0) is 14.5. The molecular weight excluding hydrogens is 258 g/mol. The van der Waals surface area contributed by atoms with Crippen LogP contribution in [0.15, 0.2) is 30.5 Å². The number of hydrogen-bond acceptors (Lipinski definition) is 5. The second-order valence-corrected chi connectivity index (χ2v) is 4.26. The molecule has 0 unspecified atom stereocenters. The fourth-order valence-corrected chi connectivity index (χ4v) is 1.90. The molecule has 0 saturated carbocycles. The molecular formula is C14H17N3O3. The van der Waals surface area contributed by atoms with Gasteiger partial charge in [0.2, 0.25) is 0 Å². The number of carbonyl (C=O) groups excluding carboxylic acids is 1. The Balaban J connectivity index is 2.08. The van der Waals surface area contributed by atoms with Gasteiger partial charge >= 0.3 is 5.97 Å². The van der Waals surface area contributed by atoms with Crippen LogP contribution >= 0.6 is 0 Å². The smallest absolute Gasteiger partial charge is 0.343 e. The number of anilines is 1. The van der Waals surface area contributed by atoms with E-state index in [-0.39, 0.29) is 5.56 Å². The molecule has 0 spiro atoms. The number of hydrogen-bond donors (Lipinski definition) is 1. The summed E-state index contributed by atoms with van der Waals surface area (Å²) in [6.45, 7) is 0.424. The molecule has 0 atom stereocenters. The van der Waals surface area contributed by atoms with Crippen LogP contribution in [0.5, 0.6) is 5.75 Å². The summed E-state index contributed by atoms with van der Waals surface area (Å²) in [5.41, 5.74) is 7.45. The maximum absolute atomic E-state index is 11.7. The van der Waals surface area contributed by atoms with Gasteiger partial charge in [0.25, 0.3) is 0 Å². The lowest BCUT2D eigenvalue weighted by Gasteiger charge is -2.12. The molecule has 6 heteroatoms. The topological polar surface area (TPSA) is 79.4 Å². The zero-order valence-corrected chi connectivity index (χ0v) is 11.5. The minimum Gasteiger partial charge on any atom is -0.492 e. The van der Waals surface area contributed by atoms with Crippen LogP contribution in [0, 0.1) is 0 Å². The molecule has 106 valence electrons. The molecule has 1 aromatic carbocycles. The quantitative estimate of drug-likeness (QED) is 0.659. The molecule has 0 fully saturated rings. The Morgan fingerprint density at radius 3 is 2.85 bits per heavy atom. The predicted molar refractivity (Wildman–Crippen MR) is 74.6 cm³/mol. The van der Waals surface area contributed by atoms with Crippen molar-refractivity contribution in [3.63, 3.8) is 0 Å². The molecule has 0 saturated heterocycles. The van der Waals surface area contributed by atoms with Crippen LogP contribution in [0.4, 0.5) is 5.69 Å². The molecule has 0 amide bonds. The number of aryl methyl sites for hydroxylation is 1. The van der Waals surface area contributed by atoms with Crippen molar-refractivity contribution in [2.45, 2.75) is 6.42 Å². The van der Waals surface area contributed by atoms with Crippen molar-refractivity contribution >= 4 is 11.7 Å². The highest BCUT2D eigenvalue weighted by Crippen LogP contribution is 2.25. The second-order valence-electron chi connectivity index (χ2n) is 4.26. The monoisotopic (exact) mass is 275 g/mol. The Morgan fingerprint density at radius 2 is 2.20 bits per heavy atom. The molecule has 1 heterocycles. The summed E-state index contributed by atoms with van der Waals surface area (Å²) in [4.78, 5) is 11.7. The van der Waals surface area contributed by atoms with Gasteiger partial charge in [-0.15, -0.1) is 0 Å². The van der Waals surface area contributed by atoms with Crippen LogP contribution in [0.3, 0.4) is 0 Å². The van der Waals surface area contributed by atoms with Gasteiger partial charge in [0.1, 0.15) is 11.3 Å². The molecule has 6 nitrogen and oxygen atoms in total. The molecule has 2 rings (SSSR count). The Labute approximate surface area is 117 Å². The van der Waals surface area contributed by atoms with Crippen LogP contribution in [-0.2, 0) is 18.2 Å². The van der Waals surface area contributed by atoms with Gasteiger partial charge in [-0.3, -0.25) is 4.68 Å². The Kier molecular flexibility index (Phi) is 4.24. The first-order valence-electron chi connectivity index (χ1n) is 6.20. The first-order chi connectivity index (χ1) is 9.63. The van der Waals surface area contributed by atoms with Gasteiger partial charge < -0.3 is 15.2 Å². The first kappa shape index (κ1) is 13.9. The van der Waals surface area contributed by atoms with E-state index in [0.29, 0.717) is 24.5 Å². The third-order valence-corrected chi connectivity index (χ3v) is 2.99. The van der Waals surface area contributed by atoms with E-state index in [1.807, 2.05) is 13.1 Å². The summed E-state index contributed by atoms with van der Waals surface area (Å²) in [5.74, 6) is -0.0716. The normalized spacial score (nSPS) is 10.3. The fraction of sp³-hybridized carbons (Fsp3) is 0.286. The minimum atomic E-state index is -0.501. The molecule has 20 heavy (non-hydrogen) atoms. The summed E-state index contributed by atoms with van der Waals surface area (Å²) >= 11 is 0. The maximum Gasteiger partial charge on any atom is 0.343 e. The van der Waals surface area contributed by atoms with E-state index < -0.39 is 5.97 Å². The van der Waals surface area contributed by atoms with Gasteiger partial charge in [0.05, 0.1) is 13.7 Å². The number of nitrogens with two attached hydrogens (primary N) is 1. The Bertz CT molecular complexity index is 607. The summed E-state index contributed by atoms with van der Waals surface area (Å²) in [5, 5.41) is 4.08. The first-order valence-corrected chi connectivity index (χ1v) is 6.20. The maximum atomic E-state index is 11.7. The highest BCUT2D eigenvalue weighted by atomic mass is 16.5. The molecule has 0 aliphatic heterocycles. The van der Waals surface area contributed by atoms with Gasteiger partial charge in [0, 0.05) is 31.0 Å². The third kappa shape index (κ3) is 2.90. The van der Waals surface area contributed by atoms with Crippen molar-refractivity contribution < 1.29 is 14.3 Å². The van der Waals surface area contributed by atoms with Crippen LogP contribution in [0.2, 0.25) is 0 Å². The van der Waals surface area contributed by atoms with Crippen molar-refractivity contribution in [3.8, 4) is 5.75 Å². The van der Waals surface area contributed by atoms with E-state index in [1.165, 1.54) is 7.11 Å². The molecule has 2 aromatic rings. The van der Waals surface area contributed by atoms with Crippen LogP contribution in [-0.4, -0.2) is 29.5 Å². The van der Waals surface area contributed by atoms with Gasteiger partial charge in [-0.2, -0.15) is 5.10 Å². The van der Waals surface area contributed by atoms with Crippen LogP contribution < -0.4 is 10.5 Å². The largest absolute Gasteiger partial charge is 0.492 e. The van der Waals surface area contributed by atoms with E-state index in [4.69, 9.17) is 15.2 Å². The molecule has 0 bridgehead atoms. The lowest BCUT2D eigenvalue weighted by atomic mass is 10.1. The SMILES string of the molecule is COC(=O)c1c(N)cccc1OCCc1ccnn1C. The highest BCUT2D eigenvalue weighted by molar-refractivity contribution is 5.98. The summed E-state index contributed by atoms with van der Waals surface area (Å²) in [6, 6.07) is 7.00. The fourth-order valence-electron chi connectivity index (χ4n) is 1.90. The second kappa shape index (κ2) is 6.10. The number of benzene rings is 1. The number of rotatable bonds is 5. The molecule has 0 radical (unpaired) electrons. The van der Waals surface area contributed by atoms with E-state index in [9.17, 15) is 4.79 Å². The molecule has 1 aromatic heterocycles. The average Bonchev–Trinajstić information content (AvgIpc) is 2.84. The summed E-state index contributed by atoms with van der Waals surface area (Å²) in [6.07, 6.45) is 2.42. The molecule has 0 aliphatic carbocycles. The minimum absolute atomic E-state index is 0.264. The lowest BCUT2D eigenvalue weighted by Crippen LogP contribution is -2.11. The molecule has 0 aliphatic rings. The lowest BCUT2D eigenvalue weighted by molar-refractivity contribution is 0.0597. The number of aromatic nitrogens is 2. The van der Waals surface area contributed by atoms with Crippen molar-refractivity contribution in [1.29, 1.82) is 0 Å². The zero-order valence-electron chi connectivity index (χ0n) is 11.5. The van der Waals surface area contributed by atoms with Gasteiger partial charge in [-0.25, -0.2) is 4.79 Å². The van der Waals surface area contributed by atoms with E-state index >= 15 is 0 Å². The van der Waals surface area contributed by atoms with Crippen LogP contribution in [0.25, 0.3) is 0 Å². The van der Waals surface area contributed by atoms with Gasteiger partial charge in [-0.05, 0) is 18.2 Å². The highest BCUT2D eigenvalue weighted by Gasteiger charge is 2.16. The van der Waals surface area contributed by atoms with Crippen LogP contribution in [0.1, 0.15) is 16.1 Å². The van der Waals surface area contributed by atoms with E-state index in [2.05, 4.69) is 5.10 Å². The number of carbonyl (C=O) groups is 1. The predicted octanol–water partition coefficient (Wildman–Crippen LogP) is 1.41. The average molecular weight is 275 g/mol. The standard InChI is InChI=1S/C14H17N3O3/c1-17-10(6-8-16-17)7-9-20-12-5-3-4-11(15)13(12)14(18)19-2/h3-6,8H,7,9,15H2,1-2H3.